The molecule has 0 atom stereocenters. The van der Waals surface area contributed by atoms with Crippen LogP contribution < -0.4 is 10.0 Å². The number of fused-ring (bicyclic) bond motifs is 1. The van der Waals surface area contributed by atoms with Gasteiger partial charge >= 0.3 is 0 Å². The Kier molecular flexibility index (Phi) is 7.81. The number of hydrogen-bond acceptors (Lipinski definition) is 5. The number of anilines is 1. The van der Waals surface area contributed by atoms with Crippen molar-refractivity contribution in [2.75, 3.05) is 11.3 Å². The smallest absolute Gasteiger partial charge is 0.261 e. The molecule has 38 heavy (non-hydrogen) atoms. The minimum Gasteiger partial charge on any atom is -0.356 e. The summed E-state index contributed by atoms with van der Waals surface area (Å²) < 4.78 is 47.1. The molecule has 1 heterocycles. The second-order valence-electron chi connectivity index (χ2n) is 9.10. The molecular weight excluding hydrogens is 501 g/mol. The second kappa shape index (κ2) is 11.6. The molecule has 4 aromatic carbocycles. The van der Waals surface area contributed by atoms with Crippen molar-refractivity contribution in [2.24, 2.45) is 0 Å². The van der Waals surface area contributed by atoms with E-state index in [1.807, 2.05) is 60.7 Å². The molecule has 194 valence electrons. The van der Waals surface area contributed by atoms with E-state index in [0.29, 0.717) is 17.8 Å². The first-order chi connectivity index (χ1) is 18.5. The van der Waals surface area contributed by atoms with Gasteiger partial charge in [0.15, 0.2) is 5.58 Å². The van der Waals surface area contributed by atoms with Gasteiger partial charge in [0, 0.05) is 23.7 Å². The molecule has 0 saturated heterocycles. The van der Waals surface area contributed by atoms with E-state index >= 15 is 0 Å². The molecule has 0 radical (unpaired) electrons. The maximum absolute atomic E-state index is 13.3. The van der Waals surface area contributed by atoms with Crippen molar-refractivity contribution in [3.05, 3.63) is 114 Å². The van der Waals surface area contributed by atoms with Crippen LogP contribution in [0.3, 0.4) is 0 Å². The Balaban J connectivity index is 1.10. The van der Waals surface area contributed by atoms with E-state index < -0.39 is 10.0 Å². The lowest BCUT2D eigenvalue weighted by Crippen LogP contribution is -2.16. The molecule has 2 N–H and O–H groups in total. The molecule has 0 spiro atoms. The van der Waals surface area contributed by atoms with Crippen LogP contribution in [0, 0.1) is 5.82 Å². The number of nitrogens with one attached hydrogen (secondary N) is 2. The lowest BCUT2D eigenvalue weighted by Gasteiger charge is -2.11. The summed E-state index contributed by atoms with van der Waals surface area (Å²) in [5.74, 6) is -0.334. The largest absolute Gasteiger partial charge is 0.356 e. The van der Waals surface area contributed by atoms with Crippen LogP contribution in [0.15, 0.2) is 106 Å². The molecule has 6 nitrogen and oxygen atoms in total. The fraction of sp³-hybridized carbons (Fsp3) is 0.167. The summed E-state index contributed by atoms with van der Waals surface area (Å²) in [6.45, 7) is 1.42. The molecule has 5 aromatic rings. The van der Waals surface area contributed by atoms with E-state index in [4.69, 9.17) is 4.52 Å². The number of aryl methyl sites for hydroxylation is 1. The van der Waals surface area contributed by atoms with Crippen LogP contribution in [0.5, 0.6) is 0 Å². The van der Waals surface area contributed by atoms with Gasteiger partial charge in [0.1, 0.15) is 5.82 Å². The zero-order chi connectivity index (χ0) is 26.4. The van der Waals surface area contributed by atoms with Gasteiger partial charge in [-0.1, -0.05) is 59.8 Å². The predicted molar refractivity (Wildman–Crippen MR) is 148 cm³/mol. The zero-order valence-electron chi connectivity index (χ0n) is 20.7. The molecule has 5 rings (SSSR count). The first-order valence-electron chi connectivity index (χ1n) is 12.5. The summed E-state index contributed by atoms with van der Waals surface area (Å²) in [6, 6.07) is 28.6. The van der Waals surface area contributed by atoms with Gasteiger partial charge in [0.2, 0.25) is 0 Å². The summed E-state index contributed by atoms with van der Waals surface area (Å²) in [5, 5.41) is 8.31. The van der Waals surface area contributed by atoms with Crippen molar-refractivity contribution in [1.29, 1.82) is 0 Å². The number of hydrogen-bond donors (Lipinski definition) is 2. The third kappa shape index (κ3) is 6.27. The Morgan fingerprint density at radius 2 is 1.61 bits per heavy atom. The van der Waals surface area contributed by atoms with E-state index in [1.165, 1.54) is 12.1 Å². The van der Waals surface area contributed by atoms with E-state index in [1.54, 1.807) is 24.3 Å². The number of rotatable bonds is 11. The zero-order valence-corrected chi connectivity index (χ0v) is 21.5. The highest BCUT2D eigenvalue weighted by atomic mass is 32.2. The number of benzene rings is 4. The minimum atomic E-state index is -3.71. The molecule has 1 aromatic heterocycles. The molecule has 0 aliphatic carbocycles. The summed E-state index contributed by atoms with van der Waals surface area (Å²) in [7, 11) is -3.71. The van der Waals surface area contributed by atoms with Crippen molar-refractivity contribution in [2.45, 2.75) is 30.7 Å². The number of unbranched alkanes of at least 4 members (excludes halogenated alkanes) is 1. The average molecular weight is 530 g/mol. The summed E-state index contributed by atoms with van der Waals surface area (Å²) in [5.41, 5.74) is 4.81. The van der Waals surface area contributed by atoms with Gasteiger partial charge in [0.25, 0.3) is 10.0 Å². The average Bonchev–Trinajstić information content (AvgIpc) is 3.33. The van der Waals surface area contributed by atoms with Gasteiger partial charge in [0.05, 0.1) is 10.6 Å². The monoisotopic (exact) mass is 529 g/mol. The van der Waals surface area contributed by atoms with Gasteiger partial charge in [-0.15, -0.1) is 0 Å². The fourth-order valence-corrected chi connectivity index (χ4v) is 5.38. The Bertz CT molecular complexity index is 1620. The third-order valence-corrected chi connectivity index (χ3v) is 7.70. The van der Waals surface area contributed by atoms with Gasteiger partial charge in [-0.05, 0) is 78.9 Å². The molecule has 8 heteroatoms. The van der Waals surface area contributed by atoms with Crippen LogP contribution in [-0.4, -0.2) is 20.1 Å². The van der Waals surface area contributed by atoms with Crippen LogP contribution in [0.25, 0.3) is 22.1 Å². The van der Waals surface area contributed by atoms with Crippen molar-refractivity contribution in [3.63, 3.8) is 0 Å². The number of aromatic nitrogens is 1. The molecule has 0 aliphatic heterocycles. The first-order valence-corrected chi connectivity index (χ1v) is 14.0. The highest BCUT2D eigenvalue weighted by Crippen LogP contribution is 2.23. The molecule has 0 aliphatic rings. The van der Waals surface area contributed by atoms with Crippen LogP contribution in [-0.2, 0) is 23.0 Å². The van der Waals surface area contributed by atoms with Crippen LogP contribution >= 0.6 is 0 Å². The number of halogens is 1. The Labute approximate surface area is 221 Å². The van der Waals surface area contributed by atoms with Crippen LogP contribution in [0.4, 0.5) is 10.1 Å². The van der Waals surface area contributed by atoms with E-state index in [2.05, 4.69) is 15.2 Å². The summed E-state index contributed by atoms with van der Waals surface area (Å²) in [4.78, 5) is 0.214. The summed E-state index contributed by atoms with van der Waals surface area (Å²) >= 11 is 0. The van der Waals surface area contributed by atoms with Crippen molar-refractivity contribution >= 4 is 26.7 Å². The third-order valence-electron chi connectivity index (χ3n) is 6.31. The maximum Gasteiger partial charge on any atom is 0.261 e. The van der Waals surface area contributed by atoms with E-state index in [0.717, 1.165) is 53.6 Å². The Morgan fingerprint density at radius 1 is 0.816 bits per heavy atom. The van der Waals surface area contributed by atoms with Gasteiger partial charge in [-0.2, -0.15) is 0 Å². The quantitative estimate of drug-likeness (QED) is 0.190. The maximum atomic E-state index is 13.3. The summed E-state index contributed by atoms with van der Waals surface area (Å²) in [6.07, 6.45) is 2.60. The Morgan fingerprint density at radius 3 is 2.42 bits per heavy atom. The number of nitrogens with zero attached hydrogens (tertiary/aromatic N) is 1. The van der Waals surface area contributed by atoms with E-state index in [9.17, 15) is 12.8 Å². The Hall–Kier alpha value is -4.01. The van der Waals surface area contributed by atoms with Crippen LogP contribution in [0.1, 0.15) is 24.1 Å². The highest BCUT2D eigenvalue weighted by Gasteiger charge is 2.14. The molecule has 0 unspecified atom stereocenters. The second-order valence-corrected chi connectivity index (χ2v) is 10.8. The molecule has 0 fully saturated rings. The van der Waals surface area contributed by atoms with Gasteiger partial charge in [-0.25, -0.2) is 12.8 Å². The van der Waals surface area contributed by atoms with Gasteiger partial charge in [-0.3, -0.25) is 4.72 Å². The van der Waals surface area contributed by atoms with Crippen molar-refractivity contribution < 1.29 is 17.3 Å². The SMILES string of the molecule is O=S(=O)(Nc1cccc(CNCCCCc2noc3cc(F)ccc23)c1)c1ccc(-c2ccccc2)cc1. The van der Waals surface area contributed by atoms with Crippen LogP contribution in [0.2, 0.25) is 0 Å². The minimum absolute atomic E-state index is 0.214. The van der Waals surface area contributed by atoms with Gasteiger partial charge < -0.3 is 9.84 Å². The predicted octanol–water partition coefficient (Wildman–Crippen LogP) is 6.55. The number of sulfonamides is 1. The lowest BCUT2D eigenvalue weighted by molar-refractivity contribution is 0.442. The molecule has 0 saturated carbocycles. The van der Waals surface area contributed by atoms with E-state index in [-0.39, 0.29) is 10.7 Å². The standard InChI is InChI=1S/C30H28FN3O3S/c31-25-14-17-28-29(33-37-30(28)20-25)11-4-5-18-32-21-22-7-6-10-26(19-22)34-38(35,36)27-15-12-24(13-16-27)23-8-2-1-3-9-23/h1-3,6-10,12-17,19-20,32,34H,4-5,11,18,21H2. The molecule has 0 bridgehead atoms. The molecular formula is C30H28FN3O3S. The fourth-order valence-electron chi connectivity index (χ4n) is 4.34. The topological polar surface area (TPSA) is 84.2 Å². The van der Waals surface area contributed by atoms with Crippen molar-refractivity contribution in [3.8, 4) is 11.1 Å². The molecule has 0 amide bonds. The highest BCUT2D eigenvalue weighted by molar-refractivity contribution is 7.92. The normalized spacial score (nSPS) is 11.6. The lowest BCUT2D eigenvalue weighted by atomic mass is 10.1. The first kappa shape index (κ1) is 25.6. The van der Waals surface area contributed by atoms with Crippen molar-refractivity contribution in [1.82, 2.24) is 10.5 Å².